The number of halogens is 2. The van der Waals surface area contributed by atoms with Crippen LogP contribution in [0.15, 0.2) is 49.2 Å². The summed E-state index contributed by atoms with van der Waals surface area (Å²) in [7, 11) is 1.89. The van der Waals surface area contributed by atoms with Crippen LogP contribution in [0.25, 0.3) is 27.8 Å². The molecule has 11 heteroatoms. The summed E-state index contributed by atoms with van der Waals surface area (Å²) >= 11 is 8.53. The third-order valence-electron chi connectivity index (χ3n) is 5.69. The summed E-state index contributed by atoms with van der Waals surface area (Å²) in [5.74, 6) is 0.957. The van der Waals surface area contributed by atoms with Crippen molar-refractivity contribution in [2.24, 2.45) is 12.8 Å². The summed E-state index contributed by atoms with van der Waals surface area (Å²) in [5.41, 5.74) is 11.2. The molecule has 0 aromatic carbocycles. The van der Waals surface area contributed by atoms with Crippen molar-refractivity contribution in [2.45, 2.75) is 18.9 Å². The first-order chi connectivity index (χ1) is 16.0. The maximum atomic E-state index is 9.57. The number of nitriles is 1. The average Bonchev–Trinajstić information content (AvgIpc) is 3.45. The summed E-state index contributed by atoms with van der Waals surface area (Å²) < 4.78 is 6.72. The van der Waals surface area contributed by atoms with Crippen LogP contribution in [0.1, 0.15) is 18.4 Å². The van der Waals surface area contributed by atoms with Gasteiger partial charge in [0.05, 0.1) is 47.2 Å². The van der Waals surface area contributed by atoms with E-state index >= 15 is 0 Å². The van der Waals surface area contributed by atoms with E-state index in [1.807, 2.05) is 37.9 Å². The first kappa shape index (κ1) is 23.0. The maximum absolute atomic E-state index is 9.57. The predicted molar refractivity (Wildman–Crippen MR) is 128 cm³/mol. The number of hydrogen-bond donors (Lipinski definition) is 1. The zero-order valence-corrected chi connectivity index (χ0v) is 19.4. The zero-order chi connectivity index (χ0) is 23.4. The van der Waals surface area contributed by atoms with Gasteiger partial charge in [-0.1, -0.05) is 0 Å². The number of piperidine rings is 1. The van der Waals surface area contributed by atoms with Crippen molar-refractivity contribution < 1.29 is 3.84 Å². The third-order valence-corrected chi connectivity index (χ3v) is 5.69. The van der Waals surface area contributed by atoms with Gasteiger partial charge in [-0.05, 0) is 31.0 Å². The Morgan fingerprint density at radius 3 is 2.42 bits per heavy atom. The van der Waals surface area contributed by atoms with E-state index in [9.17, 15) is 5.26 Å². The molecule has 0 radical (unpaired) electrons. The van der Waals surface area contributed by atoms with E-state index in [0.717, 1.165) is 59.5 Å². The van der Waals surface area contributed by atoms with Gasteiger partial charge < -0.3 is 10.6 Å². The number of aromatic nitrogens is 5. The van der Waals surface area contributed by atoms with Gasteiger partial charge in [-0.15, -0.1) is 0 Å². The molecule has 4 aromatic rings. The fraction of sp³-hybridized carbons (Fsp3) is 0.273. The number of fused-ring (bicyclic) bond motifs is 1. The smallest absolute Gasteiger partial charge is 0.128 e. The highest BCUT2D eigenvalue weighted by atomic mass is 35.6. The van der Waals surface area contributed by atoms with E-state index in [4.69, 9.17) is 10.7 Å². The maximum Gasteiger partial charge on any atom is 0.128 e. The second-order valence-electron chi connectivity index (χ2n) is 7.80. The molecule has 33 heavy (non-hydrogen) atoms. The standard InChI is InChI=1S/C22H22N8.Cl2O/c1-28-13-18(12-26-28)16-8-20(22-17(9-23)11-27-30(22)14-16)15-2-3-21(25-10-15)29-6-4-19(24)5-7-29;1-3-2/h2-3,8,10-14,19H,4-7,24H2,1H3;. The minimum Gasteiger partial charge on any atom is -0.357 e. The number of pyridine rings is 2. The van der Waals surface area contributed by atoms with Crippen LogP contribution in [-0.2, 0) is 10.9 Å². The van der Waals surface area contributed by atoms with Crippen LogP contribution in [0.2, 0.25) is 0 Å². The molecular formula is C22H22Cl2N8O. The Balaban J connectivity index is 0.000000821. The van der Waals surface area contributed by atoms with Crippen molar-refractivity contribution in [1.82, 2.24) is 24.4 Å². The van der Waals surface area contributed by atoms with E-state index in [2.05, 4.69) is 60.9 Å². The monoisotopic (exact) mass is 484 g/mol. The Hall–Kier alpha value is -3.16. The van der Waals surface area contributed by atoms with Crippen molar-refractivity contribution >= 4 is 35.1 Å². The quantitative estimate of drug-likeness (QED) is 0.469. The SMILES string of the molecule is ClOCl.Cn1cc(-c2cc(-c3ccc(N4CCC(N)CC4)nc3)c3c(C#N)cnn3c2)cn1. The van der Waals surface area contributed by atoms with E-state index in [1.54, 1.807) is 15.4 Å². The van der Waals surface area contributed by atoms with E-state index in [1.165, 1.54) is 0 Å². The van der Waals surface area contributed by atoms with Crippen molar-refractivity contribution in [2.75, 3.05) is 18.0 Å². The lowest BCUT2D eigenvalue weighted by Crippen LogP contribution is -2.40. The van der Waals surface area contributed by atoms with E-state index < -0.39 is 0 Å². The molecule has 1 aliphatic heterocycles. The van der Waals surface area contributed by atoms with E-state index in [0.29, 0.717) is 5.56 Å². The van der Waals surface area contributed by atoms with Gasteiger partial charge in [0.2, 0.25) is 0 Å². The topological polar surface area (TPSA) is 110 Å². The predicted octanol–water partition coefficient (Wildman–Crippen LogP) is 3.91. The minimum absolute atomic E-state index is 0.287. The number of rotatable bonds is 3. The second-order valence-corrected chi connectivity index (χ2v) is 8.26. The third kappa shape index (κ3) is 4.94. The fourth-order valence-electron chi connectivity index (χ4n) is 4.01. The number of nitrogens with two attached hydrogens (primary N) is 1. The first-order valence-corrected chi connectivity index (χ1v) is 10.9. The molecule has 5 heterocycles. The van der Waals surface area contributed by atoms with Crippen LogP contribution in [0, 0.1) is 11.3 Å². The fourth-order valence-corrected chi connectivity index (χ4v) is 4.01. The molecule has 1 fully saturated rings. The lowest BCUT2D eigenvalue weighted by molar-refractivity contribution is 0.498. The van der Waals surface area contributed by atoms with Crippen LogP contribution in [0.3, 0.4) is 0 Å². The average molecular weight is 485 g/mol. The van der Waals surface area contributed by atoms with Gasteiger partial charge in [0.25, 0.3) is 0 Å². The first-order valence-electron chi connectivity index (χ1n) is 10.3. The minimum atomic E-state index is 0.287. The molecule has 0 atom stereocenters. The Labute approximate surface area is 201 Å². The molecular weight excluding hydrogens is 463 g/mol. The summed E-state index contributed by atoms with van der Waals surface area (Å²) in [6.07, 6.45) is 11.2. The van der Waals surface area contributed by atoms with Gasteiger partial charge in [-0.2, -0.15) is 19.3 Å². The molecule has 4 aromatic heterocycles. The molecule has 0 spiro atoms. The highest BCUT2D eigenvalue weighted by Crippen LogP contribution is 2.32. The van der Waals surface area contributed by atoms with Gasteiger partial charge in [0.15, 0.2) is 0 Å². The lowest BCUT2D eigenvalue weighted by Gasteiger charge is -2.31. The summed E-state index contributed by atoms with van der Waals surface area (Å²) in [4.78, 5) is 6.99. The Morgan fingerprint density at radius 2 is 1.82 bits per heavy atom. The highest BCUT2D eigenvalue weighted by molar-refractivity contribution is 6.24. The normalized spacial score (nSPS) is 14.1. The Bertz CT molecular complexity index is 1270. The Morgan fingerprint density at radius 1 is 1.06 bits per heavy atom. The van der Waals surface area contributed by atoms with Crippen LogP contribution < -0.4 is 10.6 Å². The van der Waals surface area contributed by atoms with E-state index in [-0.39, 0.29) is 6.04 Å². The second kappa shape index (κ2) is 10.2. The lowest BCUT2D eigenvalue weighted by atomic mass is 10.0. The molecule has 170 valence electrons. The van der Waals surface area contributed by atoms with Gasteiger partial charge in [-0.25, -0.2) is 9.50 Å². The van der Waals surface area contributed by atoms with Gasteiger partial charge in [0, 0.05) is 67.0 Å². The number of anilines is 1. The number of aryl methyl sites for hydroxylation is 1. The van der Waals surface area contributed by atoms with Gasteiger partial charge in [-0.3, -0.25) is 4.68 Å². The molecule has 0 aliphatic carbocycles. The highest BCUT2D eigenvalue weighted by Gasteiger charge is 2.18. The number of nitrogens with zero attached hydrogens (tertiary/aromatic N) is 7. The number of hydrogen-bond acceptors (Lipinski definition) is 7. The molecule has 5 rings (SSSR count). The van der Waals surface area contributed by atoms with Crippen LogP contribution >= 0.6 is 23.7 Å². The molecule has 0 saturated carbocycles. The van der Waals surface area contributed by atoms with Gasteiger partial charge >= 0.3 is 0 Å². The zero-order valence-electron chi connectivity index (χ0n) is 17.9. The van der Waals surface area contributed by atoms with Crippen LogP contribution in [-0.4, -0.2) is 43.5 Å². The molecule has 0 unspecified atom stereocenters. The molecule has 2 N–H and O–H groups in total. The summed E-state index contributed by atoms with van der Waals surface area (Å²) in [6, 6.07) is 8.72. The molecule has 9 nitrogen and oxygen atoms in total. The van der Waals surface area contributed by atoms with Crippen molar-refractivity contribution in [3.8, 4) is 28.3 Å². The summed E-state index contributed by atoms with van der Waals surface area (Å²) in [5, 5.41) is 18.2. The Kier molecular flexibility index (Phi) is 7.11. The molecule has 1 saturated heterocycles. The largest absolute Gasteiger partial charge is 0.357 e. The van der Waals surface area contributed by atoms with Gasteiger partial charge in [0.1, 0.15) is 11.9 Å². The van der Waals surface area contributed by atoms with Crippen LogP contribution in [0.5, 0.6) is 0 Å². The molecule has 0 bridgehead atoms. The molecule has 0 amide bonds. The summed E-state index contributed by atoms with van der Waals surface area (Å²) in [6.45, 7) is 1.85. The molecule has 1 aliphatic rings. The van der Waals surface area contributed by atoms with Crippen molar-refractivity contribution in [1.29, 1.82) is 5.26 Å². The van der Waals surface area contributed by atoms with Crippen LogP contribution in [0.4, 0.5) is 5.82 Å². The van der Waals surface area contributed by atoms with Crippen molar-refractivity contribution in [3.05, 3.63) is 54.7 Å². The van der Waals surface area contributed by atoms with Crippen molar-refractivity contribution in [3.63, 3.8) is 0 Å².